The topological polar surface area (TPSA) is 81.8 Å². The predicted octanol–water partition coefficient (Wildman–Crippen LogP) is 0.729. The van der Waals surface area contributed by atoms with Crippen molar-refractivity contribution in [2.24, 2.45) is 5.92 Å². The third kappa shape index (κ3) is 3.24. The highest BCUT2D eigenvalue weighted by Crippen LogP contribution is 2.32. The lowest BCUT2D eigenvalue weighted by Gasteiger charge is -2.38. The van der Waals surface area contributed by atoms with Crippen LogP contribution in [0.5, 0.6) is 0 Å². The molecule has 0 aliphatic carbocycles. The van der Waals surface area contributed by atoms with Gasteiger partial charge in [-0.25, -0.2) is 4.79 Å². The zero-order valence-corrected chi connectivity index (χ0v) is 15.2. The molecule has 7 nitrogen and oxygen atoms in total. The molecule has 1 spiro atoms. The molecule has 136 valence electrons. The van der Waals surface area contributed by atoms with Crippen LogP contribution in [0.2, 0.25) is 0 Å². The number of carbonyl (C=O) groups excluding carboxylic acids is 3. The number of nitrogens with one attached hydrogen (secondary N) is 2. The van der Waals surface area contributed by atoms with Gasteiger partial charge in [-0.3, -0.25) is 14.5 Å². The summed E-state index contributed by atoms with van der Waals surface area (Å²) in [6.07, 6.45) is 2.85. The van der Waals surface area contributed by atoms with Crippen molar-refractivity contribution in [1.82, 2.24) is 20.4 Å². The van der Waals surface area contributed by atoms with Crippen LogP contribution < -0.4 is 10.6 Å². The Morgan fingerprint density at radius 1 is 1.25 bits per heavy atom. The molecule has 0 aromatic heterocycles. The molecule has 4 amide bonds. The van der Waals surface area contributed by atoms with Crippen molar-refractivity contribution in [3.63, 3.8) is 0 Å². The van der Waals surface area contributed by atoms with Gasteiger partial charge in [-0.1, -0.05) is 13.8 Å². The fourth-order valence-electron chi connectivity index (χ4n) is 3.84. The minimum absolute atomic E-state index is 0. The molecule has 3 fully saturated rings. The van der Waals surface area contributed by atoms with Gasteiger partial charge in [-0.2, -0.15) is 0 Å². The van der Waals surface area contributed by atoms with Crippen molar-refractivity contribution in [2.75, 3.05) is 26.2 Å². The van der Waals surface area contributed by atoms with Gasteiger partial charge in [0.15, 0.2) is 0 Å². The summed E-state index contributed by atoms with van der Waals surface area (Å²) < 4.78 is 0. The Bertz CT molecular complexity index is 511. The summed E-state index contributed by atoms with van der Waals surface area (Å²) in [6, 6.07) is -0.321. The van der Waals surface area contributed by atoms with E-state index >= 15 is 0 Å². The highest BCUT2D eigenvalue weighted by Gasteiger charge is 2.54. The molecule has 0 aromatic carbocycles. The molecule has 3 aliphatic rings. The molecule has 0 radical (unpaired) electrons. The number of halogens is 1. The number of amides is 4. The maximum absolute atomic E-state index is 12.9. The molecule has 8 heteroatoms. The number of nitrogens with zero attached hydrogens (tertiary/aromatic N) is 2. The summed E-state index contributed by atoms with van der Waals surface area (Å²) in [4.78, 5) is 40.6. The summed E-state index contributed by atoms with van der Waals surface area (Å²) in [6.45, 7) is 6.43. The van der Waals surface area contributed by atoms with E-state index in [1.807, 2.05) is 13.8 Å². The van der Waals surface area contributed by atoms with Crippen LogP contribution in [0, 0.1) is 5.92 Å². The monoisotopic (exact) mass is 358 g/mol. The van der Waals surface area contributed by atoms with Crippen LogP contribution >= 0.6 is 12.4 Å². The lowest BCUT2D eigenvalue weighted by molar-refractivity contribution is -0.141. The molecule has 3 rings (SSSR count). The van der Waals surface area contributed by atoms with Crippen LogP contribution in [-0.2, 0) is 9.59 Å². The highest BCUT2D eigenvalue weighted by atomic mass is 35.5. The van der Waals surface area contributed by atoms with E-state index in [9.17, 15) is 14.4 Å². The molecule has 1 unspecified atom stereocenters. The molecule has 3 saturated heterocycles. The van der Waals surface area contributed by atoms with E-state index in [2.05, 4.69) is 10.6 Å². The van der Waals surface area contributed by atoms with E-state index in [-0.39, 0.29) is 42.2 Å². The standard InChI is InChI=1S/C16H26N4O3.ClH/c1-11(2)13(21)19-8-5-16(6-9-19)14(22)20(15(23)18-16)12-4-3-7-17-10-12;/h11-12,17H,3-10H2,1-2H3,(H,18,23);1H. The Morgan fingerprint density at radius 3 is 2.46 bits per heavy atom. The first-order valence-electron chi connectivity index (χ1n) is 8.60. The van der Waals surface area contributed by atoms with Crippen LogP contribution in [0.25, 0.3) is 0 Å². The lowest BCUT2D eigenvalue weighted by Crippen LogP contribution is -2.57. The van der Waals surface area contributed by atoms with E-state index < -0.39 is 5.54 Å². The fourth-order valence-corrected chi connectivity index (χ4v) is 3.84. The van der Waals surface area contributed by atoms with Crippen molar-refractivity contribution in [3.05, 3.63) is 0 Å². The van der Waals surface area contributed by atoms with Gasteiger partial charge in [0, 0.05) is 25.6 Å². The smallest absolute Gasteiger partial charge is 0.325 e. The van der Waals surface area contributed by atoms with E-state index in [1.54, 1.807) is 4.90 Å². The summed E-state index contributed by atoms with van der Waals surface area (Å²) in [5.41, 5.74) is -0.803. The lowest BCUT2D eigenvalue weighted by atomic mass is 9.86. The Labute approximate surface area is 148 Å². The summed E-state index contributed by atoms with van der Waals surface area (Å²) in [7, 11) is 0. The van der Waals surface area contributed by atoms with Gasteiger partial charge in [-0.15, -0.1) is 12.4 Å². The molecular formula is C16H27ClN4O3. The molecule has 0 bridgehead atoms. The summed E-state index contributed by atoms with van der Waals surface area (Å²) in [5, 5.41) is 6.18. The van der Waals surface area contributed by atoms with Crippen LogP contribution in [0.1, 0.15) is 39.5 Å². The Kier molecular flexibility index (Phi) is 5.75. The maximum atomic E-state index is 12.9. The first-order chi connectivity index (χ1) is 10.9. The average Bonchev–Trinajstić information content (AvgIpc) is 2.78. The zero-order valence-electron chi connectivity index (χ0n) is 14.3. The van der Waals surface area contributed by atoms with Crippen LogP contribution in [-0.4, -0.2) is 65.4 Å². The van der Waals surface area contributed by atoms with Gasteiger partial charge in [0.1, 0.15) is 5.54 Å². The minimum Gasteiger partial charge on any atom is -0.342 e. The second-order valence-electron chi connectivity index (χ2n) is 7.17. The van der Waals surface area contributed by atoms with Gasteiger partial charge in [-0.05, 0) is 32.2 Å². The van der Waals surface area contributed by atoms with Gasteiger partial charge in [0.05, 0.1) is 6.04 Å². The van der Waals surface area contributed by atoms with Crippen molar-refractivity contribution in [3.8, 4) is 0 Å². The maximum Gasteiger partial charge on any atom is 0.325 e. The van der Waals surface area contributed by atoms with Crippen molar-refractivity contribution in [1.29, 1.82) is 0 Å². The minimum atomic E-state index is -0.803. The Morgan fingerprint density at radius 2 is 1.92 bits per heavy atom. The molecule has 3 heterocycles. The van der Waals surface area contributed by atoms with E-state index in [0.29, 0.717) is 32.5 Å². The van der Waals surface area contributed by atoms with Crippen LogP contribution in [0.4, 0.5) is 4.79 Å². The molecule has 0 saturated carbocycles. The summed E-state index contributed by atoms with van der Waals surface area (Å²) >= 11 is 0. The number of rotatable bonds is 2. The molecule has 1 atom stereocenters. The van der Waals surface area contributed by atoms with E-state index in [4.69, 9.17) is 0 Å². The van der Waals surface area contributed by atoms with Gasteiger partial charge in [0.25, 0.3) is 5.91 Å². The van der Waals surface area contributed by atoms with E-state index in [0.717, 1.165) is 19.4 Å². The number of hydrogen-bond donors (Lipinski definition) is 2. The van der Waals surface area contributed by atoms with Crippen LogP contribution in [0.15, 0.2) is 0 Å². The van der Waals surface area contributed by atoms with Crippen LogP contribution in [0.3, 0.4) is 0 Å². The number of piperidine rings is 2. The molecule has 24 heavy (non-hydrogen) atoms. The van der Waals surface area contributed by atoms with Gasteiger partial charge in [0.2, 0.25) is 5.91 Å². The first kappa shape index (κ1) is 19.0. The third-order valence-corrected chi connectivity index (χ3v) is 5.25. The average molecular weight is 359 g/mol. The highest BCUT2D eigenvalue weighted by molar-refractivity contribution is 6.07. The number of hydrogen-bond acceptors (Lipinski definition) is 4. The number of imide groups is 1. The second-order valence-corrected chi connectivity index (χ2v) is 7.17. The van der Waals surface area contributed by atoms with Crippen molar-refractivity contribution >= 4 is 30.3 Å². The normalized spacial score (nSPS) is 26.5. The third-order valence-electron chi connectivity index (χ3n) is 5.25. The number of urea groups is 1. The molecule has 3 aliphatic heterocycles. The van der Waals surface area contributed by atoms with Crippen molar-refractivity contribution in [2.45, 2.75) is 51.1 Å². The Balaban J connectivity index is 0.00000208. The SMILES string of the molecule is CC(C)C(=O)N1CCC2(CC1)NC(=O)N(C1CCCNC1)C2=O.Cl. The Hall–Kier alpha value is -1.34. The quantitative estimate of drug-likeness (QED) is 0.713. The summed E-state index contributed by atoms with van der Waals surface area (Å²) in [5.74, 6) is -0.0273. The first-order valence-corrected chi connectivity index (χ1v) is 8.60. The number of carbonyl (C=O) groups is 3. The molecule has 0 aromatic rings. The van der Waals surface area contributed by atoms with Gasteiger partial charge < -0.3 is 15.5 Å². The zero-order chi connectivity index (χ0) is 16.6. The largest absolute Gasteiger partial charge is 0.342 e. The van der Waals surface area contributed by atoms with E-state index in [1.165, 1.54) is 4.90 Å². The second kappa shape index (κ2) is 7.27. The van der Waals surface area contributed by atoms with Crippen molar-refractivity contribution < 1.29 is 14.4 Å². The fraction of sp³-hybridized carbons (Fsp3) is 0.812. The molecular weight excluding hydrogens is 332 g/mol. The van der Waals surface area contributed by atoms with Gasteiger partial charge >= 0.3 is 6.03 Å². The number of likely N-dealkylation sites (tertiary alicyclic amines) is 1. The molecule has 2 N–H and O–H groups in total. The predicted molar refractivity (Wildman–Crippen MR) is 91.9 cm³/mol.